The lowest BCUT2D eigenvalue weighted by molar-refractivity contribution is 0.0526. The minimum Gasteiger partial charge on any atom is -0.462 e. The molecule has 0 aliphatic carbocycles. The zero-order chi connectivity index (χ0) is 21.7. The van der Waals surface area contributed by atoms with E-state index in [1.165, 1.54) is 10.6 Å². The average Bonchev–Trinajstić information content (AvgIpc) is 2.73. The van der Waals surface area contributed by atoms with Gasteiger partial charge < -0.3 is 14.6 Å². The van der Waals surface area contributed by atoms with Crippen molar-refractivity contribution in [3.63, 3.8) is 0 Å². The van der Waals surface area contributed by atoms with Gasteiger partial charge in [-0.05, 0) is 68.3 Å². The van der Waals surface area contributed by atoms with Crippen LogP contribution in [-0.2, 0) is 11.3 Å². The first kappa shape index (κ1) is 21.0. The van der Waals surface area contributed by atoms with Gasteiger partial charge in [0.05, 0.1) is 18.7 Å². The Morgan fingerprint density at radius 1 is 1.03 bits per heavy atom. The molecule has 0 bridgehead atoms. The fourth-order valence-corrected chi connectivity index (χ4v) is 3.09. The summed E-state index contributed by atoms with van der Waals surface area (Å²) in [6.07, 6.45) is 1.68. The highest BCUT2D eigenvalue weighted by molar-refractivity contribution is 6.04. The number of carbonyl (C=O) groups excluding carboxylic acids is 2. The molecule has 0 unspecified atom stereocenters. The predicted octanol–water partition coefficient (Wildman–Crippen LogP) is 3.94. The third kappa shape index (κ3) is 4.84. The van der Waals surface area contributed by atoms with Gasteiger partial charge in [0.1, 0.15) is 5.56 Å². The normalized spacial score (nSPS) is 10.5. The lowest BCUT2D eigenvalue weighted by Gasteiger charge is -2.11. The Bertz CT molecular complexity index is 1130. The molecular formula is C24H24N2O4. The number of esters is 1. The molecule has 3 rings (SSSR count). The van der Waals surface area contributed by atoms with E-state index >= 15 is 0 Å². The number of hydrogen-bond acceptors (Lipinski definition) is 4. The number of rotatable bonds is 6. The van der Waals surface area contributed by atoms with Gasteiger partial charge in [-0.3, -0.25) is 9.59 Å². The van der Waals surface area contributed by atoms with E-state index in [1.807, 2.05) is 32.0 Å². The van der Waals surface area contributed by atoms with E-state index in [0.29, 0.717) is 24.4 Å². The van der Waals surface area contributed by atoms with Gasteiger partial charge >= 0.3 is 5.97 Å². The summed E-state index contributed by atoms with van der Waals surface area (Å²) in [5, 5.41) is 2.70. The molecule has 1 heterocycles. The van der Waals surface area contributed by atoms with E-state index in [1.54, 1.807) is 43.5 Å². The molecule has 2 aromatic carbocycles. The van der Waals surface area contributed by atoms with Crippen LogP contribution in [0.1, 0.15) is 44.3 Å². The first-order valence-corrected chi connectivity index (χ1v) is 9.73. The second-order valence-electron chi connectivity index (χ2n) is 7.04. The first-order valence-electron chi connectivity index (χ1n) is 9.73. The Morgan fingerprint density at radius 3 is 2.47 bits per heavy atom. The van der Waals surface area contributed by atoms with Gasteiger partial charge in [0.25, 0.3) is 11.5 Å². The lowest BCUT2D eigenvalue weighted by Crippen LogP contribution is -2.29. The van der Waals surface area contributed by atoms with Gasteiger partial charge in [-0.25, -0.2) is 4.79 Å². The van der Waals surface area contributed by atoms with Gasteiger partial charge in [-0.15, -0.1) is 0 Å². The number of aromatic nitrogens is 1. The molecule has 30 heavy (non-hydrogen) atoms. The van der Waals surface area contributed by atoms with Gasteiger partial charge in [-0.1, -0.05) is 23.8 Å². The molecule has 0 spiro atoms. The Hall–Kier alpha value is -3.67. The van der Waals surface area contributed by atoms with E-state index in [0.717, 1.165) is 16.7 Å². The van der Waals surface area contributed by atoms with Crippen molar-refractivity contribution in [1.29, 1.82) is 0 Å². The molecule has 6 nitrogen and oxygen atoms in total. The zero-order valence-electron chi connectivity index (χ0n) is 17.3. The number of carbonyl (C=O) groups is 2. The number of hydrogen-bond donors (Lipinski definition) is 1. The van der Waals surface area contributed by atoms with E-state index in [-0.39, 0.29) is 11.1 Å². The average molecular weight is 404 g/mol. The van der Waals surface area contributed by atoms with E-state index in [2.05, 4.69) is 5.32 Å². The summed E-state index contributed by atoms with van der Waals surface area (Å²) in [6, 6.07) is 15.6. The van der Waals surface area contributed by atoms with Crippen molar-refractivity contribution in [3.05, 3.63) is 99.0 Å². The maximum atomic E-state index is 12.9. The zero-order valence-corrected chi connectivity index (χ0v) is 17.3. The number of ether oxygens (including phenoxy) is 1. The number of nitrogens with one attached hydrogen (secondary N) is 1. The Morgan fingerprint density at radius 2 is 1.77 bits per heavy atom. The van der Waals surface area contributed by atoms with Crippen LogP contribution < -0.4 is 10.9 Å². The predicted molar refractivity (Wildman–Crippen MR) is 116 cm³/mol. The maximum absolute atomic E-state index is 12.9. The van der Waals surface area contributed by atoms with E-state index in [9.17, 15) is 14.4 Å². The molecule has 1 aromatic heterocycles. The van der Waals surface area contributed by atoms with Crippen LogP contribution in [0.5, 0.6) is 0 Å². The van der Waals surface area contributed by atoms with Crippen molar-refractivity contribution in [1.82, 2.24) is 4.57 Å². The lowest BCUT2D eigenvalue weighted by atomic mass is 10.1. The minimum atomic E-state index is -0.501. The van der Waals surface area contributed by atoms with Crippen LogP contribution in [0.25, 0.3) is 0 Å². The first-order chi connectivity index (χ1) is 14.4. The monoisotopic (exact) mass is 404 g/mol. The standard InChI is InChI=1S/C24H24N2O4/c1-4-30-24(29)18-9-11-20(12-10-18)25-22(27)21-6-5-13-26(23(21)28)15-19-14-16(2)7-8-17(19)3/h5-14H,4,15H2,1-3H3,(H,25,27). The fourth-order valence-electron chi connectivity index (χ4n) is 3.09. The molecule has 0 saturated heterocycles. The molecule has 1 amide bonds. The number of anilines is 1. The van der Waals surface area contributed by atoms with Crippen molar-refractivity contribution in [2.75, 3.05) is 11.9 Å². The molecular weight excluding hydrogens is 380 g/mol. The molecule has 1 N–H and O–H groups in total. The second-order valence-corrected chi connectivity index (χ2v) is 7.04. The van der Waals surface area contributed by atoms with Gasteiger partial charge in [0, 0.05) is 11.9 Å². The summed E-state index contributed by atoms with van der Waals surface area (Å²) >= 11 is 0. The number of pyridine rings is 1. The third-order valence-corrected chi connectivity index (χ3v) is 4.76. The van der Waals surface area contributed by atoms with Crippen LogP contribution in [-0.4, -0.2) is 23.1 Å². The molecule has 6 heteroatoms. The minimum absolute atomic E-state index is 0.0530. The number of nitrogens with zero attached hydrogens (tertiary/aromatic N) is 1. The van der Waals surface area contributed by atoms with Gasteiger partial charge in [0.15, 0.2) is 0 Å². The summed E-state index contributed by atoms with van der Waals surface area (Å²) in [5.74, 6) is -0.924. The topological polar surface area (TPSA) is 77.4 Å². The van der Waals surface area contributed by atoms with Crippen LogP contribution in [0, 0.1) is 13.8 Å². The SMILES string of the molecule is CCOC(=O)c1ccc(NC(=O)c2cccn(Cc3cc(C)ccc3C)c2=O)cc1. The summed E-state index contributed by atoms with van der Waals surface area (Å²) in [6.45, 7) is 6.42. The number of amides is 1. The molecule has 0 aliphatic heterocycles. The van der Waals surface area contributed by atoms with Gasteiger partial charge in [-0.2, -0.15) is 0 Å². The number of benzene rings is 2. The van der Waals surface area contributed by atoms with Crippen molar-refractivity contribution in [3.8, 4) is 0 Å². The third-order valence-electron chi connectivity index (χ3n) is 4.76. The van der Waals surface area contributed by atoms with E-state index < -0.39 is 11.9 Å². The van der Waals surface area contributed by atoms with Crippen molar-refractivity contribution in [2.24, 2.45) is 0 Å². The largest absolute Gasteiger partial charge is 0.462 e. The van der Waals surface area contributed by atoms with Crippen molar-refractivity contribution < 1.29 is 14.3 Å². The van der Waals surface area contributed by atoms with E-state index in [4.69, 9.17) is 4.74 Å². The molecule has 0 aliphatic rings. The molecule has 0 radical (unpaired) electrons. The quantitative estimate of drug-likeness (QED) is 0.631. The smallest absolute Gasteiger partial charge is 0.338 e. The van der Waals surface area contributed by atoms with Crippen molar-refractivity contribution in [2.45, 2.75) is 27.3 Å². The summed E-state index contributed by atoms with van der Waals surface area (Å²) in [4.78, 5) is 37.2. The Kier molecular flexibility index (Phi) is 6.47. The molecule has 0 atom stereocenters. The molecule has 0 fully saturated rings. The highest BCUT2D eigenvalue weighted by Gasteiger charge is 2.14. The molecule has 3 aromatic rings. The van der Waals surface area contributed by atoms with Crippen LogP contribution in [0.15, 0.2) is 65.6 Å². The number of aryl methyl sites for hydroxylation is 2. The highest BCUT2D eigenvalue weighted by Crippen LogP contribution is 2.13. The van der Waals surface area contributed by atoms with Crippen LogP contribution in [0.4, 0.5) is 5.69 Å². The second kappa shape index (κ2) is 9.22. The highest BCUT2D eigenvalue weighted by atomic mass is 16.5. The van der Waals surface area contributed by atoms with Gasteiger partial charge in [0.2, 0.25) is 0 Å². The summed E-state index contributed by atoms with van der Waals surface area (Å²) in [5.41, 5.74) is 3.80. The summed E-state index contributed by atoms with van der Waals surface area (Å²) < 4.78 is 6.47. The summed E-state index contributed by atoms with van der Waals surface area (Å²) in [7, 11) is 0. The molecule has 0 saturated carbocycles. The fraction of sp³-hybridized carbons (Fsp3) is 0.208. The van der Waals surface area contributed by atoms with Crippen LogP contribution in [0.2, 0.25) is 0 Å². The maximum Gasteiger partial charge on any atom is 0.338 e. The Labute approximate surface area is 175 Å². The van der Waals surface area contributed by atoms with Crippen molar-refractivity contribution >= 4 is 17.6 Å². The van der Waals surface area contributed by atoms with Crippen LogP contribution in [0.3, 0.4) is 0 Å². The van der Waals surface area contributed by atoms with Crippen LogP contribution >= 0.6 is 0 Å². The Balaban J connectivity index is 1.78. The molecule has 154 valence electrons.